The number of carbonyl (C=O) groups is 1. The molecule has 0 aliphatic heterocycles. The van der Waals surface area contributed by atoms with Crippen LogP contribution >= 0.6 is 0 Å². The molecule has 1 amide bonds. The summed E-state index contributed by atoms with van der Waals surface area (Å²) in [6, 6.07) is 7.94. The minimum Gasteiger partial charge on any atom is -0.325 e. The fourth-order valence-corrected chi connectivity index (χ4v) is 1.51. The molecular formula is C15H24N2O. The predicted octanol–water partition coefficient (Wildman–Crippen LogP) is 3.17. The summed E-state index contributed by atoms with van der Waals surface area (Å²) >= 11 is 0. The minimum absolute atomic E-state index is 0.0777. The average molecular weight is 248 g/mol. The van der Waals surface area contributed by atoms with Crippen molar-refractivity contribution in [1.29, 1.82) is 0 Å². The standard InChI is InChI=1S/C15H24N2O/c1-5-15(3,4)14(18)17-13-10-8-7-9-12(13)11-16-6-2/h7-10,16H,5-6,11H2,1-4H3,(H,17,18). The Morgan fingerprint density at radius 2 is 1.89 bits per heavy atom. The van der Waals surface area contributed by atoms with Gasteiger partial charge >= 0.3 is 0 Å². The van der Waals surface area contributed by atoms with Crippen molar-refractivity contribution in [2.24, 2.45) is 5.41 Å². The molecule has 0 spiro atoms. The number of hydrogen-bond donors (Lipinski definition) is 2. The van der Waals surface area contributed by atoms with E-state index in [1.54, 1.807) is 0 Å². The first kappa shape index (κ1) is 14.7. The normalized spacial score (nSPS) is 11.3. The first-order valence-electron chi connectivity index (χ1n) is 6.61. The zero-order valence-corrected chi connectivity index (χ0v) is 11.8. The number of rotatable bonds is 6. The van der Waals surface area contributed by atoms with Gasteiger partial charge in [0.2, 0.25) is 5.91 Å². The Bertz CT molecular complexity index is 399. The van der Waals surface area contributed by atoms with Crippen LogP contribution in [0.2, 0.25) is 0 Å². The van der Waals surface area contributed by atoms with E-state index in [2.05, 4.69) is 17.6 Å². The van der Waals surface area contributed by atoms with E-state index in [4.69, 9.17) is 0 Å². The molecule has 3 heteroatoms. The first-order valence-corrected chi connectivity index (χ1v) is 6.61. The number of carbonyl (C=O) groups excluding carboxylic acids is 1. The summed E-state index contributed by atoms with van der Waals surface area (Å²) in [7, 11) is 0. The fraction of sp³-hybridized carbons (Fsp3) is 0.533. The van der Waals surface area contributed by atoms with Gasteiger partial charge in [-0.3, -0.25) is 4.79 Å². The number of benzene rings is 1. The van der Waals surface area contributed by atoms with E-state index < -0.39 is 0 Å². The van der Waals surface area contributed by atoms with Crippen LogP contribution in [-0.2, 0) is 11.3 Å². The molecular weight excluding hydrogens is 224 g/mol. The molecule has 2 N–H and O–H groups in total. The highest BCUT2D eigenvalue weighted by Gasteiger charge is 2.25. The Kier molecular flexibility index (Phi) is 5.35. The van der Waals surface area contributed by atoms with Gasteiger partial charge in [-0.2, -0.15) is 0 Å². The van der Waals surface area contributed by atoms with Crippen LogP contribution in [0.3, 0.4) is 0 Å². The van der Waals surface area contributed by atoms with Gasteiger partial charge in [0.05, 0.1) is 0 Å². The second-order valence-corrected chi connectivity index (χ2v) is 5.13. The van der Waals surface area contributed by atoms with E-state index in [1.165, 1.54) is 0 Å². The molecule has 0 bridgehead atoms. The molecule has 1 aromatic carbocycles. The largest absolute Gasteiger partial charge is 0.325 e. The van der Waals surface area contributed by atoms with E-state index in [-0.39, 0.29) is 11.3 Å². The highest BCUT2D eigenvalue weighted by Crippen LogP contribution is 2.23. The van der Waals surface area contributed by atoms with Gasteiger partial charge in [-0.1, -0.05) is 45.9 Å². The summed E-state index contributed by atoms with van der Waals surface area (Å²) in [6.07, 6.45) is 0.828. The molecule has 0 saturated heterocycles. The first-order chi connectivity index (χ1) is 8.51. The lowest BCUT2D eigenvalue weighted by Gasteiger charge is -2.22. The zero-order chi connectivity index (χ0) is 13.6. The fourth-order valence-electron chi connectivity index (χ4n) is 1.51. The van der Waals surface area contributed by atoms with Crippen molar-refractivity contribution in [2.75, 3.05) is 11.9 Å². The van der Waals surface area contributed by atoms with Crippen molar-refractivity contribution >= 4 is 11.6 Å². The Balaban J connectivity index is 2.81. The lowest BCUT2D eigenvalue weighted by molar-refractivity contribution is -0.124. The second-order valence-electron chi connectivity index (χ2n) is 5.13. The summed E-state index contributed by atoms with van der Waals surface area (Å²) in [4.78, 5) is 12.2. The minimum atomic E-state index is -0.328. The van der Waals surface area contributed by atoms with Crippen molar-refractivity contribution in [3.63, 3.8) is 0 Å². The molecule has 0 saturated carbocycles. The number of amides is 1. The van der Waals surface area contributed by atoms with Crippen molar-refractivity contribution in [1.82, 2.24) is 5.32 Å². The van der Waals surface area contributed by atoms with Crippen LogP contribution in [0.25, 0.3) is 0 Å². The molecule has 0 unspecified atom stereocenters. The van der Waals surface area contributed by atoms with Crippen LogP contribution in [0.4, 0.5) is 5.69 Å². The maximum atomic E-state index is 12.2. The molecule has 1 aromatic rings. The molecule has 0 radical (unpaired) electrons. The topological polar surface area (TPSA) is 41.1 Å². The highest BCUT2D eigenvalue weighted by atomic mass is 16.2. The smallest absolute Gasteiger partial charge is 0.230 e. The molecule has 1 rings (SSSR count). The number of hydrogen-bond acceptors (Lipinski definition) is 2. The molecule has 100 valence electrons. The van der Waals surface area contributed by atoms with Crippen LogP contribution < -0.4 is 10.6 Å². The SMILES string of the molecule is CCNCc1ccccc1NC(=O)C(C)(C)CC. The maximum absolute atomic E-state index is 12.2. The van der Waals surface area contributed by atoms with Crippen molar-refractivity contribution in [3.8, 4) is 0 Å². The predicted molar refractivity (Wildman–Crippen MR) is 76.5 cm³/mol. The van der Waals surface area contributed by atoms with Crippen molar-refractivity contribution in [3.05, 3.63) is 29.8 Å². The molecule has 0 fully saturated rings. The summed E-state index contributed by atoms with van der Waals surface area (Å²) in [6.45, 7) is 9.73. The highest BCUT2D eigenvalue weighted by molar-refractivity contribution is 5.95. The summed E-state index contributed by atoms with van der Waals surface area (Å²) < 4.78 is 0. The van der Waals surface area contributed by atoms with E-state index in [9.17, 15) is 4.79 Å². The molecule has 18 heavy (non-hydrogen) atoms. The van der Waals surface area contributed by atoms with Gasteiger partial charge in [-0.05, 0) is 24.6 Å². The molecule has 0 atom stereocenters. The van der Waals surface area contributed by atoms with E-state index in [0.717, 1.165) is 30.8 Å². The van der Waals surface area contributed by atoms with Crippen LogP contribution in [0.1, 0.15) is 39.7 Å². The van der Waals surface area contributed by atoms with Gasteiger partial charge in [-0.25, -0.2) is 0 Å². The molecule has 3 nitrogen and oxygen atoms in total. The third-order valence-corrected chi connectivity index (χ3v) is 3.33. The quantitative estimate of drug-likeness (QED) is 0.812. The zero-order valence-electron chi connectivity index (χ0n) is 11.8. The third kappa shape index (κ3) is 3.84. The van der Waals surface area contributed by atoms with Gasteiger partial charge in [0.15, 0.2) is 0 Å². The van der Waals surface area contributed by atoms with Gasteiger partial charge in [0.25, 0.3) is 0 Å². The molecule has 0 heterocycles. The number of nitrogens with one attached hydrogen (secondary N) is 2. The Morgan fingerprint density at radius 1 is 1.22 bits per heavy atom. The summed E-state index contributed by atoms with van der Waals surface area (Å²) in [5.74, 6) is 0.0777. The van der Waals surface area contributed by atoms with E-state index >= 15 is 0 Å². The Morgan fingerprint density at radius 3 is 2.50 bits per heavy atom. The molecule has 0 aliphatic rings. The van der Waals surface area contributed by atoms with Crippen LogP contribution in [-0.4, -0.2) is 12.5 Å². The monoisotopic (exact) mass is 248 g/mol. The summed E-state index contributed by atoms with van der Waals surface area (Å²) in [5.41, 5.74) is 1.70. The Hall–Kier alpha value is -1.35. The van der Waals surface area contributed by atoms with Crippen LogP contribution in [0.15, 0.2) is 24.3 Å². The Labute approximate surface area is 110 Å². The average Bonchev–Trinajstić information content (AvgIpc) is 2.37. The number of para-hydroxylation sites is 1. The third-order valence-electron chi connectivity index (χ3n) is 3.33. The van der Waals surface area contributed by atoms with Crippen LogP contribution in [0, 0.1) is 5.41 Å². The van der Waals surface area contributed by atoms with Crippen molar-refractivity contribution in [2.45, 2.75) is 40.7 Å². The van der Waals surface area contributed by atoms with Gasteiger partial charge < -0.3 is 10.6 Å². The van der Waals surface area contributed by atoms with Crippen LogP contribution in [0.5, 0.6) is 0 Å². The van der Waals surface area contributed by atoms with E-state index in [1.807, 2.05) is 45.0 Å². The molecule has 0 aliphatic carbocycles. The van der Waals surface area contributed by atoms with Gasteiger partial charge in [-0.15, -0.1) is 0 Å². The lowest BCUT2D eigenvalue weighted by atomic mass is 9.89. The number of anilines is 1. The maximum Gasteiger partial charge on any atom is 0.230 e. The lowest BCUT2D eigenvalue weighted by Crippen LogP contribution is -2.30. The second kappa shape index (κ2) is 6.55. The van der Waals surface area contributed by atoms with E-state index in [0.29, 0.717) is 0 Å². The van der Waals surface area contributed by atoms with Gasteiger partial charge in [0, 0.05) is 17.6 Å². The molecule has 0 aromatic heterocycles. The summed E-state index contributed by atoms with van der Waals surface area (Å²) in [5, 5.41) is 6.31. The van der Waals surface area contributed by atoms with Gasteiger partial charge in [0.1, 0.15) is 0 Å². The van der Waals surface area contributed by atoms with Crippen molar-refractivity contribution < 1.29 is 4.79 Å².